The van der Waals surface area contributed by atoms with Crippen LogP contribution < -0.4 is 11.3 Å². The molecule has 26 heavy (non-hydrogen) atoms. The number of aliphatic hydroxyl groups excluding tert-OH is 1. The molecule has 6 nitrogen and oxygen atoms in total. The maximum atomic E-state index is 12.5. The second kappa shape index (κ2) is 8.11. The lowest BCUT2D eigenvalue weighted by molar-refractivity contribution is 0.0184. The molecule has 144 valence electrons. The third kappa shape index (κ3) is 4.13. The molecule has 1 aliphatic heterocycles. The maximum absolute atomic E-state index is 12.5. The first-order valence-corrected chi connectivity index (χ1v) is 9.86. The van der Waals surface area contributed by atoms with Crippen LogP contribution in [0, 0.1) is 17.8 Å². The lowest BCUT2D eigenvalue weighted by Gasteiger charge is -2.43. The minimum absolute atomic E-state index is 0.0279. The Morgan fingerprint density at radius 1 is 1.35 bits per heavy atom. The minimum Gasteiger partial charge on any atom is -0.393 e. The lowest BCUT2D eigenvalue weighted by atomic mass is 9.72. The van der Waals surface area contributed by atoms with E-state index in [1.807, 2.05) is 0 Å². The summed E-state index contributed by atoms with van der Waals surface area (Å²) in [7, 11) is 0. The third-order valence-electron chi connectivity index (χ3n) is 6.12. The normalized spacial score (nSPS) is 31.6. The molecule has 5 atom stereocenters. The summed E-state index contributed by atoms with van der Waals surface area (Å²) >= 11 is 6.41. The number of alkyl halides is 1. The van der Waals surface area contributed by atoms with Gasteiger partial charge in [0.15, 0.2) is 0 Å². The predicted octanol–water partition coefficient (Wildman–Crippen LogP) is 1.57. The molecule has 4 unspecified atom stereocenters. The number of pyridine rings is 1. The van der Waals surface area contributed by atoms with E-state index in [4.69, 9.17) is 17.3 Å². The number of aromatic nitrogens is 1. The first-order valence-electron chi connectivity index (χ1n) is 9.42. The highest BCUT2D eigenvalue weighted by Gasteiger charge is 2.40. The van der Waals surface area contributed by atoms with Crippen LogP contribution in [0.3, 0.4) is 0 Å². The number of nitrogens with one attached hydrogen (secondary N) is 1. The van der Waals surface area contributed by atoms with Crippen LogP contribution in [-0.4, -0.2) is 51.5 Å². The Morgan fingerprint density at radius 2 is 2.04 bits per heavy atom. The molecule has 2 aliphatic rings. The van der Waals surface area contributed by atoms with Crippen molar-refractivity contribution >= 4 is 17.5 Å². The molecule has 0 aromatic carbocycles. The van der Waals surface area contributed by atoms with Crippen LogP contribution in [0.5, 0.6) is 0 Å². The number of likely N-dealkylation sites (tertiary alicyclic amines) is 1. The number of hydrogen-bond acceptors (Lipinski definition) is 4. The van der Waals surface area contributed by atoms with Crippen molar-refractivity contribution in [2.24, 2.45) is 23.5 Å². The number of amides is 1. The zero-order valence-corrected chi connectivity index (χ0v) is 15.9. The molecule has 2 heterocycles. The number of nitrogens with two attached hydrogens (primary N) is 1. The number of aliphatic hydroxyl groups is 1. The van der Waals surface area contributed by atoms with Crippen molar-refractivity contribution in [1.29, 1.82) is 0 Å². The van der Waals surface area contributed by atoms with Crippen molar-refractivity contribution in [1.82, 2.24) is 9.88 Å². The Morgan fingerprint density at radius 3 is 2.65 bits per heavy atom. The topological polar surface area (TPSA) is 99.4 Å². The molecule has 2 fully saturated rings. The average molecular weight is 382 g/mol. The van der Waals surface area contributed by atoms with Crippen molar-refractivity contribution < 1.29 is 9.90 Å². The molecular formula is C19H28ClN3O3. The van der Waals surface area contributed by atoms with Gasteiger partial charge in [0.05, 0.1) is 11.7 Å². The molecule has 1 amide bonds. The minimum atomic E-state index is -0.393. The number of carbonyl (C=O) groups is 1. The summed E-state index contributed by atoms with van der Waals surface area (Å²) in [6.45, 7) is 3.35. The van der Waals surface area contributed by atoms with E-state index in [2.05, 4.69) is 11.9 Å². The molecule has 0 bridgehead atoms. The summed E-state index contributed by atoms with van der Waals surface area (Å²) in [5, 5.41) is 10.5. The van der Waals surface area contributed by atoms with Crippen molar-refractivity contribution in [2.75, 3.05) is 13.1 Å². The largest absolute Gasteiger partial charge is 0.393 e. The van der Waals surface area contributed by atoms with Crippen molar-refractivity contribution in [3.8, 4) is 0 Å². The van der Waals surface area contributed by atoms with E-state index >= 15 is 0 Å². The van der Waals surface area contributed by atoms with E-state index in [-0.39, 0.29) is 34.7 Å². The Balaban J connectivity index is 1.57. The standard InChI is InChI=1S/C19H28ClN3O3/c1-11-8-16(24)14(9-15(11)20)18(21)12-4-6-23(7-5-12)19(26)13-2-3-17(25)22-10-13/h2-3,10-12,14-16,18,24H,4-9,21H2,1H3,(H,22,25)/t11?,14?,15?,16?,18-/m1/s1. The van der Waals surface area contributed by atoms with E-state index in [1.165, 1.54) is 12.3 Å². The van der Waals surface area contributed by atoms with Gasteiger partial charge in [0, 0.05) is 42.7 Å². The van der Waals surface area contributed by atoms with Gasteiger partial charge < -0.3 is 20.7 Å². The van der Waals surface area contributed by atoms with Crippen LogP contribution in [0.2, 0.25) is 0 Å². The summed E-state index contributed by atoms with van der Waals surface area (Å²) in [5.74, 6) is 0.555. The molecule has 1 aromatic heterocycles. The summed E-state index contributed by atoms with van der Waals surface area (Å²) < 4.78 is 0. The summed E-state index contributed by atoms with van der Waals surface area (Å²) in [4.78, 5) is 28.0. The van der Waals surface area contributed by atoms with Gasteiger partial charge in [0.2, 0.25) is 5.56 Å². The van der Waals surface area contributed by atoms with Crippen molar-refractivity contribution in [3.05, 3.63) is 34.2 Å². The van der Waals surface area contributed by atoms with Gasteiger partial charge in [-0.25, -0.2) is 0 Å². The van der Waals surface area contributed by atoms with Crippen LogP contribution in [-0.2, 0) is 0 Å². The van der Waals surface area contributed by atoms with E-state index < -0.39 is 6.10 Å². The number of nitrogens with zero attached hydrogens (tertiary/aromatic N) is 1. The molecule has 0 spiro atoms. The second-order valence-electron chi connectivity index (χ2n) is 7.84. The van der Waals surface area contributed by atoms with Gasteiger partial charge in [-0.3, -0.25) is 9.59 Å². The Hall–Kier alpha value is -1.37. The second-order valence-corrected chi connectivity index (χ2v) is 8.41. The van der Waals surface area contributed by atoms with Crippen LogP contribution in [0.25, 0.3) is 0 Å². The molecule has 0 radical (unpaired) electrons. The molecule has 7 heteroatoms. The van der Waals surface area contributed by atoms with E-state index in [9.17, 15) is 14.7 Å². The molecule has 4 N–H and O–H groups in total. The SMILES string of the molecule is CC1CC(O)C([C@H](N)C2CCN(C(=O)c3ccc(=O)[nH]c3)CC2)CC1Cl. The number of hydrogen-bond donors (Lipinski definition) is 3. The monoisotopic (exact) mass is 381 g/mol. The lowest BCUT2D eigenvalue weighted by Crippen LogP contribution is -2.51. The van der Waals surface area contributed by atoms with Crippen molar-refractivity contribution in [2.45, 2.75) is 50.1 Å². The number of piperidine rings is 1. The molecule has 1 aliphatic carbocycles. The number of H-pyrrole nitrogens is 1. The molecule has 1 saturated heterocycles. The van der Waals surface area contributed by atoms with Gasteiger partial charge in [-0.1, -0.05) is 6.92 Å². The molecule has 3 rings (SSSR count). The smallest absolute Gasteiger partial charge is 0.255 e. The molecular weight excluding hydrogens is 354 g/mol. The fraction of sp³-hybridized carbons (Fsp3) is 0.684. The van der Waals surface area contributed by atoms with Crippen LogP contribution in [0.1, 0.15) is 43.0 Å². The zero-order valence-electron chi connectivity index (χ0n) is 15.1. The fourth-order valence-corrected chi connectivity index (χ4v) is 4.64. The highest BCUT2D eigenvalue weighted by molar-refractivity contribution is 6.20. The van der Waals surface area contributed by atoms with Crippen LogP contribution in [0.4, 0.5) is 0 Å². The Labute approximate surface area is 158 Å². The third-order valence-corrected chi connectivity index (χ3v) is 6.73. The highest BCUT2D eigenvalue weighted by Crippen LogP contribution is 2.37. The van der Waals surface area contributed by atoms with Gasteiger partial charge >= 0.3 is 0 Å². The first kappa shape index (κ1) is 19.4. The van der Waals surface area contributed by atoms with Gasteiger partial charge in [-0.15, -0.1) is 11.6 Å². The van der Waals surface area contributed by atoms with Crippen LogP contribution in [0.15, 0.2) is 23.1 Å². The van der Waals surface area contributed by atoms with Gasteiger partial charge in [-0.05, 0) is 43.6 Å². The van der Waals surface area contributed by atoms with Gasteiger partial charge in [0.1, 0.15) is 0 Å². The number of aromatic amines is 1. The molecule has 1 aromatic rings. The molecule has 1 saturated carbocycles. The number of halogens is 1. The Kier molecular flexibility index (Phi) is 6.05. The fourth-order valence-electron chi connectivity index (χ4n) is 4.33. The first-order chi connectivity index (χ1) is 12.4. The van der Waals surface area contributed by atoms with E-state index in [0.717, 1.165) is 19.3 Å². The highest BCUT2D eigenvalue weighted by atomic mass is 35.5. The summed E-state index contributed by atoms with van der Waals surface area (Å²) in [6, 6.07) is 2.83. The van der Waals surface area contributed by atoms with Gasteiger partial charge in [0.25, 0.3) is 5.91 Å². The number of carbonyl (C=O) groups excluding carboxylic acids is 1. The zero-order chi connectivity index (χ0) is 18.8. The maximum Gasteiger partial charge on any atom is 0.255 e. The van der Waals surface area contributed by atoms with E-state index in [0.29, 0.717) is 31.0 Å². The number of rotatable bonds is 3. The van der Waals surface area contributed by atoms with Crippen LogP contribution >= 0.6 is 11.6 Å². The Bertz CT molecular complexity index is 666. The van der Waals surface area contributed by atoms with Gasteiger partial charge in [-0.2, -0.15) is 0 Å². The van der Waals surface area contributed by atoms with E-state index in [1.54, 1.807) is 11.0 Å². The van der Waals surface area contributed by atoms with Crippen molar-refractivity contribution in [3.63, 3.8) is 0 Å². The predicted molar refractivity (Wildman–Crippen MR) is 101 cm³/mol. The summed E-state index contributed by atoms with van der Waals surface area (Å²) in [6.07, 6.45) is 4.17. The quantitative estimate of drug-likeness (QED) is 0.692. The summed E-state index contributed by atoms with van der Waals surface area (Å²) in [5.41, 5.74) is 6.78. The average Bonchev–Trinajstić information content (AvgIpc) is 2.64.